The van der Waals surface area contributed by atoms with Crippen molar-refractivity contribution in [2.45, 2.75) is 30.8 Å². The SMILES string of the molecule is CCOC(=O)c1cn([C@]2(O)O[C@H](CO)[C@@H](O)[C@]2(O)N(O)CF)c(=O)[nH]c1=O. The Kier molecular flexibility index (Phi) is 5.81. The molecule has 0 amide bonds. The molecule has 27 heavy (non-hydrogen) atoms. The van der Waals surface area contributed by atoms with Crippen molar-refractivity contribution in [2.75, 3.05) is 20.0 Å². The summed E-state index contributed by atoms with van der Waals surface area (Å²) < 4.78 is 22.5. The Labute approximate surface area is 149 Å². The number of aliphatic hydroxyl groups is 4. The standard InChI is InChI=1S/C13H18FN3O10/c1-2-26-10(21)6-3-16(11(22)15-9(6)20)13(24)12(23,17(25)5-14)8(19)7(4-18)27-13/h3,7-8,18-19,23-25H,2,4-5H2,1H3,(H,15,20,22)/t7-,8-,12-,13-/m1/s1. The molecule has 1 aromatic rings. The minimum Gasteiger partial charge on any atom is -0.462 e. The number of rotatable bonds is 6. The number of alkyl halides is 1. The van der Waals surface area contributed by atoms with Crippen LogP contribution in [0.15, 0.2) is 15.8 Å². The lowest BCUT2D eigenvalue weighted by molar-refractivity contribution is -0.416. The van der Waals surface area contributed by atoms with Crippen molar-refractivity contribution in [2.24, 2.45) is 0 Å². The Hall–Kier alpha value is -2.20. The van der Waals surface area contributed by atoms with Crippen molar-refractivity contribution < 1.29 is 44.3 Å². The third kappa shape index (κ3) is 3.06. The van der Waals surface area contributed by atoms with Crippen LogP contribution in [0.3, 0.4) is 0 Å². The van der Waals surface area contributed by atoms with Gasteiger partial charge in [0, 0.05) is 6.20 Å². The predicted molar refractivity (Wildman–Crippen MR) is 80.0 cm³/mol. The molecule has 0 bridgehead atoms. The molecule has 1 saturated heterocycles. The van der Waals surface area contributed by atoms with E-state index in [0.29, 0.717) is 6.20 Å². The van der Waals surface area contributed by atoms with E-state index in [1.807, 2.05) is 0 Å². The molecule has 0 saturated carbocycles. The average molecular weight is 395 g/mol. The maximum atomic E-state index is 13.0. The number of H-pyrrole nitrogens is 1. The van der Waals surface area contributed by atoms with E-state index in [0.717, 1.165) is 0 Å². The molecule has 152 valence electrons. The van der Waals surface area contributed by atoms with E-state index in [1.54, 1.807) is 4.98 Å². The predicted octanol–water partition coefficient (Wildman–Crippen LogP) is -3.63. The van der Waals surface area contributed by atoms with Crippen molar-refractivity contribution in [3.05, 3.63) is 32.6 Å². The van der Waals surface area contributed by atoms with E-state index < -0.39 is 65.1 Å². The maximum Gasteiger partial charge on any atom is 0.345 e. The molecular formula is C13H18FN3O10. The molecule has 1 aliphatic rings. The molecule has 2 heterocycles. The van der Waals surface area contributed by atoms with Gasteiger partial charge in [0.05, 0.1) is 13.2 Å². The lowest BCUT2D eigenvalue weighted by Gasteiger charge is -2.40. The number of aromatic nitrogens is 2. The number of halogens is 1. The molecular weight excluding hydrogens is 377 g/mol. The fourth-order valence-corrected chi connectivity index (χ4v) is 2.65. The number of ether oxygens (including phenoxy) is 2. The van der Waals surface area contributed by atoms with Gasteiger partial charge in [0.1, 0.15) is 17.8 Å². The molecule has 1 aliphatic heterocycles. The van der Waals surface area contributed by atoms with Gasteiger partial charge in [-0.1, -0.05) is 0 Å². The van der Waals surface area contributed by atoms with Gasteiger partial charge in [-0.2, -0.15) is 0 Å². The zero-order valence-electron chi connectivity index (χ0n) is 13.9. The van der Waals surface area contributed by atoms with Crippen molar-refractivity contribution in [1.29, 1.82) is 0 Å². The van der Waals surface area contributed by atoms with Gasteiger partial charge in [0.25, 0.3) is 5.56 Å². The number of aliphatic hydroxyl groups excluding tert-OH is 2. The molecule has 0 unspecified atom stereocenters. The van der Waals surface area contributed by atoms with E-state index in [1.165, 1.54) is 6.92 Å². The van der Waals surface area contributed by atoms with Crippen LogP contribution in [0.1, 0.15) is 17.3 Å². The number of hydroxylamine groups is 2. The van der Waals surface area contributed by atoms with Crippen molar-refractivity contribution in [3.63, 3.8) is 0 Å². The summed E-state index contributed by atoms with van der Waals surface area (Å²) in [6.07, 6.45) is -3.67. The number of aromatic amines is 1. The lowest BCUT2D eigenvalue weighted by Crippen LogP contribution is -2.68. The second-order valence-corrected chi connectivity index (χ2v) is 5.53. The van der Waals surface area contributed by atoms with Crippen LogP contribution in [0, 0.1) is 0 Å². The molecule has 0 aliphatic carbocycles. The van der Waals surface area contributed by atoms with Crippen LogP contribution in [0.25, 0.3) is 0 Å². The first-order valence-electron chi connectivity index (χ1n) is 7.56. The van der Waals surface area contributed by atoms with Gasteiger partial charge in [0.2, 0.25) is 5.72 Å². The quantitative estimate of drug-likeness (QED) is 0.120. The fraction of sp³-hybridized carbons (Fsp3) is 0.615. The van der Waals surface area contributed by atoms with E-state index in [2.05, 4.69) is 4.74 Å². The van der Waals surface area contributed by atoms with E-state index >= 15 is 0 Å². The summed E-state index contributed by atoms with van der Waals surface area (Å²) in [5.41, 5.74) is -6.87. The molecule has 0 spiro atoms. The second kappa shape index (κ2) is 7.43. The van der Waals surface area contributed by atoms with Crippen LogP contribution < -0.4 is 11.2 Å². The molecule has 14 heteroatoms. The maximum absolute atomic E-state index is 13.0. The summed E-state index contributed by atoms with van der Waals surface area (Å²) in [6.45, 7) is -1.57. The Bertz CT molecular complexity index is 827. The molecule has 1 aromatic heterocycles. The number of hydrogen-bond acceptors (Lipinski definition) is 11. The van der Waals surface area contributed by atoms with Gasteiger partial charge in [-0.05, 0) is 6.92 Å². The summed E-state index contributed by atoms with van der Waals surface area (Å²) in [5.74, 6) is -4.63. The summed E-state index contributed by atoms with van der Waals surface area (Å²) in [6, 6.07) is 0. The second-order valence-electron chi connectivity index (χ2n) is 5.53. The first kappa shape index (κ1) is 21.1. The molecule has 1 fully saturated rings. The average Bonchev–Trinajstić information content (AvgIpc) is 2.83. The van der Waals surface area contributed by atoms with Crippen LogP contribution >= 0.6 is 0 Å². The lowest BCUT2D eigenvalue weighted by atomic mass is 10.0. The largest absolute Gasteiger partial charge is 0.462 e. The Morgan fingerprint density at radius 2 is 2.11 bits per heavy atom. The highest BCUT2D eigenvalue weighted by Gasteiger charge is 2.70. The number of esters is 1. The highest BCUT2D eigenvalue weighted by Crippen LogP contribution is 2.42. The molecule has 2 rings (SSSR count). The minimum absolute atomic E-state index is 0.0401. The van der Waals surface area contributed by atoms with Crippen LogP contribution in [0.5, 0.6) is 0 Å². The first-order chi connectivity index (χ1) is 12.6. The number of carbonyl (C=O) groups excluding carboxylic acids is 1. The normalized spacial score (nSPS) is 30.7. The summed E-state index contributed by atoms with van der Waals surface area (Å²) >= 11 is 0. The highest BCUT2D eigenvalue weighted by molar-refractivity contribution is 5.88. The van der Waals surface area contributed by atoms with Crippen LogP contribution in [0.4, 0.5) is 4.39 Å². The fourth-order valence-electron chi connectivity index (χ4n) is 2.65. The van der Waals surface area contributed by atoms with E-state index in [4.69, 9.17) is 4.74 Å². The topological polar surface area (TPSA) is 195 Å². The summed E-state index contributed by atoms with van der Waals surface area (Å²) in [5, 5.41) is 49.7. The summed E-state index contributed by atoms with van der Waals surface area (Å²) in [4.78, 5) is 37.4. The minimum atomic E-state index is -3.43. The Morgan fingerprint density at radius 3 is 2.63 bits per heavy atom. The number of nitrogens with one attached hydrogen (secondary N) is 1. The molecule has 4 atom stereocenters. The van der Waals surface area contributed by atoms with E-state index in [-0.39, 0.29) is 11.2 Å². The monoisotopic (exact) mass is 395 g/mol. The van der Waals surface area contributed by atoms with Crippen LogP contribution in [-0.2, 0) is 15.4 Å². The van der Waals surface area contributed by atoms with Gasteiger partial charge >= 0.3 is 17.6 Å². The number of hydrogen-bond donors (Lipinski definition) is 6. The van der Waals surface area contributed by atoms with Crippen molar-refractivity contribution >= 4 is 5.97 Å². The van der Waals surface area contributed by atoms with Crippen LogP contribution in [-0.4, -0.2) is 84.2 Å². The van der Waals surface area contributed by atoms with Gasteiger partial charge in [-0.25, -0.2) is 18.5 Å². The molecule has 0 radical (unpaired) electrons. The van der Waals surface area contributed by atoms with Crippen molar-refractivity contribution in [3.8, 4) is 0 Å². The highest BCUT2D eigenvalue weighted by atomic mass is 19.1. The Balaban J connectivity index is 2.73. The van der Waals surface area contributed by atoms with Crippen molar-refractivity contribution in [1.82, 2.24) is 14.6 Å². The molecule has 0 aromatic carbocycles. The smallest absolute Gasteiger partial charge is 0.345 e. The Morgan fingerprint density at radius 1 is 1.48 bits per heavy atom. The zero-order chi connectivity index (χ0) is 20.6. The molecule has 13 nitrogen and oxygen atoms in total. The zero-order valence-corrected chi connectivity index (χ0v) is 13.9. The third-order valence-electron chi connectivity index (χ3n) is 4.01. The third-order valence-corrected chi connectivity index (χ3v) is 4.01. The molecule has 6 N–H and O–H groups in total. The van der Waals surface area contributed by atoms with Gasteiger partial charge < -0.3 is 35.1 Å². The first-order valence-corrected chi connectivity index (χ1v) is 7.56. The number of nitrogens with zero attached hydrogens (tertiary/aromatic N) is 2. The van der Waals surface area contributed by atoms with Gasteiger partial charge in [-0.3, -0.25) is 9.78 Å². The van der Waals surface area contributed by atoms with Crippen LogP contribution in [0.2, 0.25) is 0 Å². The van der Waals surface area contributed by atoms with Gasteiger partial charge in [-0.15, -0.1) is 5.06 Å². The van der Waals surface area contributed by atoms with Gasteiger partial charge in [0.15, 0.2) is 6.80 Å². The van der Waals surface area contributed by atoms with E-state index in [9.17, 15) is 44.4 Å². The summed E-state index contributed by atoms with van der Waals surface area (Å²) in [7, 11) is 0. The number of carbonyl (C=O) groups is 1.